The number of alkyl halides is 1. The SMILES string of the molecule is NC(=S)N/N=C(\CCCCl)c1ccccc1. The molecule has 0 aliphatic carbocycles. The molecule has 0 unspecified atom stereocenters. The van der Waals surface area contributed by atoms with Crippen molar-refractivity contribution in [3.05, 3.63) is 35.9 Å². The van der Waals surface area contributed by atoms with Gasteiger partial charge < -0.3 is 5.73 Å². The predicted octanol–water partition coefficient (Wildman–Crippen LogP) is 2.24. The zero-order chi connectivity index (χ0) is 11.8. The maximum absolute atomic E-state index is 5.67. The molecular formula is C11H14ClN3S. The van der Waals surface area contributed by atoms with E-state index in [-0.39, 0.29) is 5.11 Å². The Balaban J connectivity index is 2.78. The molecular weight excluding hydrogens is 242 g/mol. The summed E-state index contributed by atoms with van der Waals surface area (Å²) in [7, 11) is 0. The Morgan fingerprint density at radius 3 is 2.62 bits per heavy atom. The lowest BCUT2D eigenvalue weighted by Gasteiger charge is -2.06. The van der Waals surface area contributed by atoms with E-state index in [1.807, 2.05) is 30.3 Å². The molecule has 3 N–H and O–H groups in total. The van der Waals surface area contributed by atoms with Crippen LogP contribution in [-0.4, -0.2) is 16.7 Å². The van der Waals surface area contributed by atoms with Gasteiger partial charge in [-0.15, -0.1) is 11.6 Å². The molecule has 1 rings (SSSR count). The van der Waals surface area contributed by atoms with Gasteiger partial charge in [0.25, 0.3) is 0 Å². The molecule has 0 heterocycles. The molecule has 1 aromatic rings. The Morgan fingerprint density at radius 1 is 1.38 bits per heavy atom. The minimum atomic E-state index is 0.166. The molecule has 0 saturated carbocycles. The molecule has 0 aromatic heterocycles. The fraction of sp³-hybridized carbons (Fsp3) is 0.273. The highest BCUT2D eigenvalue weighted by molar-refractivity contribution is 7.80. The highest BCUT2D eigenvalue weighted by atomic mass is 35.5. The monoisotopic (exact) mass is 255 g/mol. The van der Waals surface area contributed by atoms with Crippen LogP contribution in [0.5, 0.6) is 0 Å². The molecule has 0 radical (unpaired) electrons. The lowest BCUT2D eigenvalue weighted by atomic mass is 10.1. The molecule has 0 amide bonds. The molecule has 3 nitrogen and oxygen atoms in total. The first-order chi connectivity index (χ1) is 7.74. The average molecular weight is 256 g/mol. The lowest BCUT2D eigenvalue weighted by molar-refractivity contribution is 0.956. The third kappa shape index (κ3) is 4.59. The van der Waals surface area contributed by atoms with E-state index < -0.39 is 0 Å². The van der Waals surface area contributed by atoms with Gasteiger partial charge in [-0.05, 0) is 30.6 Å². The van der Waals surface area contributed by atoms with Crippen molar-refractivity contribution in [2.45, 2.75) is 12.8 Å². The zero-order valence-electron chi connectivity index (χ0n) is 8.82. The van der Waals surface area contributed by atoms with Gasteiger partial charge in [-0.2, -0.15) is 5.10 Å². The second-order valence-electron chi connectivity index (χ2n) is 3.19. The number of thiocarbonyl (C=S) groups is 1. The number of nitrogens with two attached hydrogens (primary N) is 1. The van der Waals surface area contributed by atoms with Crippen LogP contribution in [0.25, 0.3) is 0 Å². The van der Waals surface area contributed by atoms with Gasteiger partial charge in [-0.25, -0.2) is 0 Å². The molecule has 0 fully saturated rings. The van der Waals surface area contributed by atoms with Gasteiger partial charge in [0, 0.05) is 5.88 Å². The molecule has 0 aliphatic rings. The van der Waals surface area contributed by atoms with Gasteiger partial charge in [0.2, 0.25) is 0 Å². The normalized spacial score (nSPS) is 11.2. The largest absolute Gasteiger partial charge is 0.375 e. The van der Waals surface area contributed by atoms with Crippen LogP contribution in [0.3, 0.4) is 0 Å². The van der Waals surface area contributed by atoms with Gasteiger partial charge in [0.15, 0.2) is 5.11 Å². The van der Waals surface area contributed by atoms with E-state index in [0.29, 0.717) is 5.88 Å². The summed E-state index contributed by atoms with van der Waals surface area (Å²) in [6, 6.07) is 9.88. The Labute approximate surface area is 106 Å². The molecule has 0 aliphatic heterocycles. The van der Waals surface area contributed by atoms with Crippen molar-refractivity contribution in [2.24, 2.45) is 10.8 Å². The van der Waals surface area contributed by atoms with Crippen molar-refractivity contribution in [1.29, 1.82) is 0 Å². The van der Waals surface area contributed by atoms with Gasteiger partial charge in [-0.3, -0.25) is 5.43 Å². The van der Waals surface area contributed by atoms with Crippen molar-refractivity contribution in [2.75, 3.05) is 5.88 Å². The standard InChI is InChI=1S/C11H14ClN3S/c12-8-4-7-10(14-15-11(13)16)9-5-2-1-3-6-9/h1-3,5-6H,4,7-8H2,(H3,13,15,16)/b14-10+. The van der Waals surface area contributed by atoms with Crippen molar-refractivity contribution in [3.63, 3.8) is 0 Å². The second-order valence-corrected chi connectivity index (χ2v) is 4.01. The van der Waals surface area contributed by atoms with E-state index in [0.717, 1.165) is 24.1 Å². The Bertz CT molecular complexity index is 365. The number of hydrogen-bond acceptors (Lipinski definition) is 2. The van der Waals surface area contributed by atoms with Crippen molar-refractivity contribution < 1.29 is 0 Å². The van der Waals surface area contributed by atoms with Crippen LogP contribution in [0.2, 0.25) is 0 Å². The fourth-order valence-electron chi connectivity index (χ4n) is 1.25. The van der Waals surface area contributed by atoms with Crippen LogP contribution in [0.4, 0.5) is 0 Å². The number of halogens is 1. The minimum absolute atomic E-state index is 0.166. The van der Waals surface area contributed by atoms with Crippen molar-refractivity contribution in [1.82, 2.24) is 5.43 Å². The smallest absolute Gasteiger partial charge is 0.184 e. The van der Waals surface area contributed by atoms with E-state index in [2.05, 4.69) is 10.5 Å². The Morgan fingerprint density at radius 2 is 2.06 bits per heavy atom. The first kappa shape index (κ1) is 12.9. The van der Waals surface area contributed by atoms with Gasteiger partial charge in [0.05, 0.1) is 5.71 Å². The Hall–Kier alpha value is -1.13. The topological polar surface area (TPSA) is 50.4 Å². The predicted molar refractivity (Wildman–Crippen MR) is 72.9 cm³/mol. The molecule has 1 aromatic carbocycles. The second kappa shape index (κ2) is 7.19. The van der Waals surface area contributed by atoms with E-state index in [1.165, 1.54) is 0 Å². The summed E-state index contributed by atoms with van der Waals surface area (Å²) < 4.78 is 0. The summed E-state index contributed by atoms with van der Waals surface area (Å²) in [6.07, 6.45) is 1.66. The summed E-state index contributed by atoms with van der Waals surface area (Å²) in [5.41, 5.74) is 9.91. The summed E-state index contributed by atoms with van der Waals surface area (Å²) in [5, 5.41) is 4.34. The number of nitrogens with zero attached hydrogens (tertiary/aromatic N) is 1. The first-order valence-corrected chi connectivity index (χ1v) is 5.91. The zero-order valence-corrected chi connectivity index (χ0v) is 10.4. The molecule has 0 saturated heterocycles. The van der Waals surface area contributed by atoms with E-state index in [1.54, 1.807) is 0 Å². The number of hydrogen-bond donors (Lipinski definition) is 2. The fourth-order valence-corrected chi connectivity index (χ4v) is 1.43. The molecule has 0 spiro atoms. The van der Waals surface area contributed by atoms with Crippen LogP contribution < -0.4 is 11.2 Å². The number of rotatable bonds is 5. The summed E-state index contributed by atoms with van der Waals surface area (Å²) in [4.78, 5) is 0. The van der Waals surface area contributed by atoms with Crippen molar-refractivity contribution >= 4 is 34.6 Å². The highest BCUT2D eigenvalue weighted by Crippen LogP contribution is 2.06. The van der Waals surface area contributed by atoms with Crippen molar-refractivity contribution in [3.8, 4) is 0 Å². The molecule has 0 bridgehead atoms. The number of benzene rings is 1. The first-order valence-electron chi connectivity index (χ1n) is 4.97. The van der Waals surface area contributed by atoms with E-state index in [4.69, 9.17) is 29.6 Å². The van der Waals surface area contributed by atoms with Gasteiger partial charge >= 0.3 is 0 Å². The van der Waals surface area contributed by atoms with Crippen LogP contribution in [-0.2, 0) is 0 Å². The van der Waals surface area contributed by atoms with Crippen LogP contribution in [0.1, 0.15) is 18.4 Å². The molecule has 0 atom stereocenters. The van der Waals surface area contributed by atoms with Crippen LogP contribution in [0, 0.1) is 0 Å². The quantitative estimate of drug-likeness (QED) is 0.367. The van der Waals surface area contributed by atoms with Crippen LogP contribution in [0.15, 0.2) is 35.4 Å². The van der Waals surface area contributed by atoms with Gasteiger partial charge in [0.1, 0.15) is 0 Å². The average Bonchev–Trinajstić information content (AvgIpc) is 2.30. The lowest BCUT2D eigenvalue weighted by Crippen LogP contribution is -2.25. The summed E-state index contributed by atoms with van der Waals surface area (Å²) in [6.45, 7) is 0. The summed E-state index contributed by atoms with van der Waals surface area (Å²) >= 11 is 10.4. The third-order valence-electron chi connectivity index (χ3n) is 1.96. The van der Waals surface area contributed by atoms with E-state index >= 15 is 0 Å². The highest BCUT2D eigenvalue weighted by Gasteiger charge is 2.02. The summed E-state index contributed by atoms with van der Waals surface area (Å²) in [5.74, 6) is 0.610. The maximum atomic E-state index is 5.67. The molecule has 5 heteroatoms. The minimum Gasteiger partial charge on any atom is -0.375 e. The number of hydrazone groups is 1. The maximum Gasteiger partial charge on any atom is 0.184 e. The molecule has 16 heavy (non-hydrogen) atoms. The van der Waals surface area contributed by atoms with E-state index in [9.17, 15) is 0 Å². The third-order valence-corrected chi connectivity index (χ3v) is 2.31. The number of nitrogens with one attached hydrogen (secondary N) is 1. The van der Waals surface area contributed by atoms with Crippen LogP contribution >= 0.6 is 23.8 Å². The molecule has 86 valence electrons. The van der Waals surface area contributed by atoms with Gasteiger partial charge in [-0.1, -0.05) is 30.3 Å². The Kier molecular flexibility index (Phi) is 5.82.